The van der Waals surface area contributed by atoms with Gasteiger partial charge in [-0.25, -0.2) is 4.68 Å². The van der Waals surface area contributed by atoms with Crippen LogP contribution in [0.25, 0.3) is 0 Å². The SMILES string of the molecule is CC(C)(C)OC(=O)Cn1nc(CC2=Nc3cc(C#N)c(OCC(F)(F)F)cc3C2)c2c(c1=O)CCCC2. The summed E-state index contributed by atoms with van der Waals surface area (Å²) in [6, 6.07) is 4.70. The largest absolute Gasteiger partial charge is 0.483 e. The van der Waals surface area contributed by atoms with E-state index in [2.05, 4.69) is 10.1 Å². The van der Waals surface area contributed by atoms with E-state index in [-0.39, 0.29) is 23.4 Å². The van der Waals surface area contributed by atoms with Gasteiger partial charge in [0.15, 0.2) is 6.61 Å². The average Bonchev–Trinajstić information content (AvgIpc) is 3.19. The maximum Gasteiger partial charge on any atom is 0.422 e. The Hall–Kier alpha value is -3.68. The quantitative estimate of drug-likeness (QED) is 0.534. The van der Waals surface area contributed by atoms with Crippen LogP contribution >= 0.6 is 0 Å². The molecule has 2 aliphatic rings. The van der Waals surface area contributed by atoms with E-state index in [1.807, 2.05) is 6.07 Å². The van der Waals surface area contributed by atoms with Crippen molar-refractivity contribution in [1.29, 1.82) is 5.26 Å². The summed E-state index contributed by atoms with van der Waals surface area (Å²) in [5.41, 5.74) is 2.93. The van der Waals surface area contributed by atoms with Crippen LogP contribution in [0.4, 0.5) is 18.9 Å². The molecule has 0 amide bonds. The Morgan fingerprint density at radius 3 is 2.51 bits per heavy atom. The van der Waals surface area contributed by atoms with Gasteiger partial charge in [-0.05, 0) is 69.7 Å². The van der Waals surface area contributed by atoms with E-state index < -0.39 is 24.4 Å². The number of nitrogens with zero attached hydrogens (tertiary/aromatic N) is 4. The van der Waals surface area contributed by atoms with Crippen LogP contribution in [0.15, 0.2) is 21.9 Å². The van der Waals surface area contributed by atoms with Crippen LogP contribution in [0.2, 0.25) is 0 Å². The molecule has 1 aliphatic heterocycles. The molecule has 1 aromatic heterocycles. The van der Waals surface area contributed by atoms with Gasteiger partial charge in [0.2, 0.25) is 0 Å². The summed E-state index contributed by atoms with van der Waals surface area (Å²) >= 11 is 0. The van der Waals surface area contributed by atoms with Gasteiger partial charge in [0.25, 0.3) is 5.56 Å². The fourth-order valence-electron chi connectivity index (χ4n) is 4.56. The number of benzene rings is 1. The topological polar surface area (TPSA) is 107 Å². The average molecular weight is 517 g/mol. The second-order valence-corrected chi connectivity index (χ2v) is 10.2. The summed E-state index contributed by atoms with van der Waals surface area (Å²) in [4.78, 5) is 30.1. The molecule has 0 saturated carbocycles. The molecule has 37 heavy (non-hydrogen) atoms. The molecule has 0 spiro atoms. The van der Waals surface area contributed by atoms with E-state index in [0.29, 0.717) is 53.9 Å². The van der Waals surface area contributed by atoms with Gasteiger partial charge in [0.05, 0.1) is 16.9 Å². The summed E-state index contributed by atoms with van der Waals surface area (Å²) in [7, 11) is 0. The molecule has 0 unspecified atom stereocenters. The lowest BCUT2D eigenvalue weighted by Crippen LogP contribution is -2.36. The highest BCUT2D eigenvalue weighted by molar-refractivity contribution is 5.95. The van der Waals surface area contributed by atoms with Crippen LogP contribution in [-0.4, -0.2) is 39.8 Å². The lowest BCUT2D eigenvalue weighted by molar-refractivity contribution is -0.156. The number of hydrogen-bond acceptors (Lipinski definition) is 7. The van der Waals surface area contributed by atoms with Gasteiger partial charge in [-0.1, -0.05) is 0 Å². The van der Waals surface area contributed by atoms with Gasteiger partial charge in [0.1, 0.15) is 24.0 Å². The molecule has 0 fully saturated rings. The molecule has 196 valence electrons. The Balaban J connectivity index is 1.61. The van der Waals surface area contributed by atoms with Crippen molar-refractivity contribution in [1.82, 2.24) is 9.78 Å². The molecule has 0 bridgehead atoms. The number of esters is 1. The molecule has 0 N–H and O–H groups in total. The fourth-order valence-corrected chi connectivity index (χ4v) is 4.56. The van der Waals surface area contributed by atoms with E-state index in [1.54, 1.807) is 20.8 Å². The van der Waals surface area contributed by atoms with Crippen molar-refractivity contribution in [3.63, 3.8) is 0 Å². The molecule has 8 nitrogen and oxygen atoms in total. The van der Waals surface area contributed by atoms with E-state index in [0.717, 1.165) is 23.1 Å². The molecule has 1 aliphatic carbocycles. The van der Waals surface area contributed by atoms with Gasteiger partial charge in [-0.2, -0.15) is 23.5 Å². The Morgan fingerprint density at radius 2 is 1.86 bits per heavy atom. The summed E-state index contributed by atoms with van der Waals surface area (Å²) in [6.07, 6.45) is -0.833. The van der Waals surface area contributed by atoms with Gasteiger partial charge >= 0.3 is 12.1 Å². The first-order valence-corrected chi connectivity index (χ1v) is 12.0. The normalized spacial score (nSPS) is 14.9. The minimum Gasteiger partial charge on any atom is -0.483 e. The van der Waals surface area contributed by atoms with Gasteiger partial charge < -0.3 is 9.47 Å². The summed E-state index contributed by atoms with van der Waals surface area (Å²) in [6.45, 7) is 3.42. The molecule has 11 heteroatoms. The third-order valence-electron chi connectivity index (χ3n) is 5.99. The van der Waals surface area contributed by atoms with Crippen LogP contribution in [0.1, 0.15) is 61.6 Å². The number of hydrogen-bond donors (Lipinski definition) is 0. The Bertz CT molecular complexity index is 1360. The molecular weight excluding hydrogens is 489 g/mol. The molecule has 2 heterocycles. The number of nitriles is 1. The van der Waals surface area contributed by atoms with E-state index >= 15 is 0 Å². The van der Waals surface area contributed by atoms with Crippen molar-refractivity contribution in [2.24, 2.45) is 4.99 Å². The maximum atomic E-state index is 13.1. The minimum absolute atomic E-state index is 0.0329. The third-order valence-corrected chi connectivity index (χ3v) is 5.99. The van der Waals surface area contributed by atoms with Gasteiger partial charge in [-0.15, -0.1) is 0 Å². The zero-order valence-corrected chi connectivity index (χ0v) is 20.9. The summed E-state index contributed by atoms with van der Waals surface area (Å²) < 4.78 is 49.2. The van der Waals surface area contributed by atoms with Gasteiger partial charge in [0, 0.05) is 24.1 Å². The van der Waals surface area contributed by atoms with E-state index in [4.69, 9.17) is 9.47 Å². The van der Waals surface area contributed by atoms with Crippen molar-refractivity contribution in [3.8, 4) is 11.8 Å². The summed E-state index contributed by atoms with van der Waals surface area (Å²) in [5.74, 6) is -0.707. The van der Waals surface area contributed by atoms with Crippen molar-refractivity contribution in [2.45, 2.75) is 77.6 Å². The van der Waals surface area contributed by atoms with Crippen LogP contribution in [-0.2, 0) is 41.8 Å². The van der Waals surface area contributed by atoms with Crippen LogP contribution < -0.4 is 10.3 Å². The number of fused-ring (bicyclic) bond motifs is 2. The molecule has 0 saturated heterocycles. The van der Waals surface area contributed by atoms with Crippen LogP contribution in [0.5, 0.6) is 5.75 Å². The molecule has 2 aromatic rings. The second kappa shape index (κ2) is 10.00. The zero-order valence-electron chi connectivity index (χ0n) is 20.9. The molecular formula is C26H27F3N4O4. The Labute approximate surface area is 211 Å². The lowest BCUT2D eigenvalue weighted by atomic mass is 9.90. The number of ether oxygens (including phenoxy) is 2. The van der Waals surface area contributed by atoms with Crippen LogP contribution in [0.3, 0.4) is 0 Å². The van der Waals surface area contributed by atoms with Crippen molar-refractivity contribution < 1.29 is 27.4 Å². The van der Waals surface area contributed by atoms with E-state index in [1.165, 1.54) is 12.1 Å². The highest BCUT2D eigenvalue weighted by atomic mass is 19.4. The summed E-state index contributed by atoms with van der Waals surface area (Å²) in [5, 5.41) is 13.9. The predicted octanol–water partition coefficient (Wildman–Crippen LogP) is 4.15. The maximum absolute atomic E-state index is 13.1. The monoisotopic (exact) mass is 516 g/mol. The first-order valence-electron chi connectivity index (χ1n) is 12.0. The van der Waals surface area contributed by atoms with Crippen molar-refractivity contribution >= 4 is 17.4 Å². The number of rotatable bonds is 6. The molecule has 4 rings (SSSR count). The fraction of sp³-hybridized carbons (Fsp3) is 0.500. The third kappa shape index (κ3) is 6.37. The number of halogens is 3. The highest BCUT2D eigenvalue weighted by Gasteiger charge is 2.30. The molecule has 0 atom stereocenters. The standard InChI is InChI=1S/C26H27F3N4O4/c1-25(2,3)37-23(34)13-33-24(35)19-7-5-4-6-18(19)21(32-33)11-17-8-15-10-22(36-14-26(27,28)29)16(12-30)9-20(15)31-17/h9-10H,4-8,11,13-14H2,1-3H3. The van der Waals surface area contributed by atoms with E-state index in [9.17, 15) is 28.0 Å². The number of carbonyl (C=O) groups is 1. The lowest BCUT2D eigenvalue weighted by Gasteiger charge is -2.22. The Morgan fingerprint density at radius 1 is 1.16 bits per heavy atom. The van der Waals surface area contributed by atoms with Crippen molar-refractivity contribution in [3.05, 3.63) is 50.4 Å². The first-order chi connectivity index (χ1) is 17.3. The van der Waals surface area contributed by atoms with Gasteiger partial charge in [-0.3, -0.25) is 14.6 Å². The molecule has 0 radical (unpaired) electrons. The smallest absolute Gasteiger partial charge is 0.422 e. The Kier molecular flexibility index (Phi) is 7.13. The first kappa shape index (κ1) is 26.4. The number of aromatic nitrogens is 2. The predicted molar refractivity (Wildman–Crippen MR) is 128 cm³/mol. The van der Waals surface area contributed by atoms with Crippen LogP contribution in [0, 0.1) is 11.3 Å². The number of aliphatic imine (C=N–C) groups is 1. The number of carbonyl (C=O) groups excluding carboxylic acids is 1. The number of alkyl halides is 3. The zero-order chi connectivity index (χ0) is 27.0. The van der Waals surface area contributed by atoms with Crippen molar-refractivity contribution in [2.75, 3.05) is 6.61 Å². The minimum atomic E-state index is -4.53. The highest BCUT2D eigenvalue weighted by Crippen LogP contribution is 2.35. The molecule has 1 aromatic carbocycles. The second-order valence-electron chi connectivity index (χ2n) is 10.2.